The molecule has 1 aromatic rings. The van der Waals surface area contributed by atoms with Crippen molar-refractivity contribution in [2.75, 3.05) is 26.3 Å². The number of amides is 1. The highest BCUT2D eigenvalue weighted by atomic mass is 16.6. The van der Waals surface area contributed by atoms with Gasteiger partial charge in [0.2, 0.25) is 5.91 Å². The van der Waals surface area contributed by atoms with E-state index in [1.165, 1.54) is 0 Å². The highest BCUT2D eigenvalue weighted by Crippen LogP contribution is 2.31. The van der Waals surface area contributed by atoms with E-state index in [-0.39, 0.29) is 5.91 Å². The predicted octanol–water partition coefficient (Wildman–Crippen LogP) is 1.21. The molecule has 0 bridgehead atoms. The molecule has 2 atom stereocenters. The normalized spacial score (nSPS) is 24.8. The smallest absolute Gasteiger partial charge is 0.227 e. The third-order valence-electron chi connectivity index (χ3n) is 3.87. The summed E-state index contributed by atoms with van der Waals surface area (Å²) in [4.78, 5) is 14.4. The molecule has 5 nitrogen and oxygen atoms in total. The SMILES string of the molecule is CC1CN(C(=O)Cc2ccc3c(c2)OCCO3)CC(C)N1. The summed E-state index contributed by atoms with van der Waals surface area (Å²) >= 11 is 0. The average Bonchev–Trinajstić information content (AvgIpc) is 2.46. The van der Waals surface area contributed by atoms with Crippen LogP contribution in [0.3, 0.4) is 0 Å². The highest BCUT2D eigenvalue weighted by molar-refractivity contribution is 5.79. The Kier molecular flexibility index (Phi) is 4.01. The van der Waals surface area contributed by atoms with Gasteiger partial charge in [-0.05, 0) is 31.5 Å². The van der Waals surface area contributed by atoms with Gasteiger partial charge < -0.3 is 19.7 Å². The molecule has 1 N–H and O–H groups in total. The Hall–Kier alpha value is -1.75. The van der Waals surface area contributed by atoms with E-state index >= 15 is 0 Å². The van der Waals surface area contributed by atoms with E-state index in [0.717, 1.165) is 30.2 Å². The summed E-state index contributed by atoms with van der Waals surface area (Å²) in [6, 6.07) is 6.44. The topological polar surface area (TPSA) is 50.8 Å². The van der Waals surface area contributed by atoms with Crippen molar-refractivity contribution >= 4 is 5.91 Å². The molecule has 0 aliphatic carbocycles. The van der Waals surface area contributed by atoms with E-state index in [2.05, 4.69) is 19.2 Å². The first-order chi connectivity index (χ1) is 10.1. The lowest BCUT2D eigenvalue weighted by molar-refractivity contribution is -0.132. The maximum Gasteiger partial charge on any atom is 0.227 e. The number of hydrogen-bond donors (Lipinski definition) is 1. The van der Waals surface area contributed by atoms with Gasteiger partial charge in [-0.15, -0.1) is 0 Å². The quantitative estimate of drug-likeness (QED) is 0.889. The molecule has 0 aromatic heterocycles. The average molecular weight is 290 g/mol. The predicted molar refractivity (Wildman–Crippen MR) is 79.8 cm³/mol. The Morgan fingerprint density at radius 1 is 1.19 bits per heavy atom. The van der Waals surface area contributed by atoms with Gasteiger partial charge in [-0.25, -0.2) is 0 Å². The van der Waals surface area contributed by atoms with Crippen molar-refractivity contribution in [1.29, 1.82) is 0 Å². The van der Waals surface area contributed by atoms with Gasteiger partial charge in [0, 0.05) is 25.2 Å². The van der Waals surface area contributed by atoms with Crippen molar-refractivity contribution in [3.63, 3.8) is 0 Å². The number of rotatable bonds is 2. The molecule has 0 spiro atoms. The molecular formula is C16H22N2O3. The molecule has 5 heteroatoms. The van der Waals surface area contributed by atoms with Crippen LogP contribution < -0.4 is 14.8 Å². The van der Waals surface area contributed by atoms with Crippen LogP contribution in [0.1, 0.15) is 19.4 Å². The Balaban J connectivity index is 1.67. The molecule has 2 unspecified atom stereocenters. The molecular weight excluding hydrogens is 268 g/mol. The van der Waals surface area contributed by atoms with E-state index in [1.54, 1.807) is 0 Å². The van der Waals surface area contributed by atoms with Crippen molar-refractivity contribution in [2.24, 2.45) is 0 Å². The molecule has 21 heavy (non-hydrogen) atoms. The van der Waals surface area contributed by atoms with Gasteiger partial charge in [-0.3, -0.25) is 4.79 Å². The molecule has 0 saturated carbocycles. The maximum absolute atomic E-state index is 12.5. The van der Waals surface area contributed by atoms with Crippen LogP contribution in [-0.4, -0.2) is 49.2 Å². The summed E-state index contributed by atoms with van der Waals surface area (Å²) < 4.78 is 11.1. The van der Waals surface area contributed by atoms with Crippen LogP contribution in [0.5, 0.6) is 11.5 Å². The standard InChI is InChI=1S/C16H22N2O3/c1-11-9-18(10-12(2)17-11)16(19)8-13-3-4-14-15(7-13)21-6-5-20-14/h3-4,7,11-12,17H,5-6,8-10H2,1-2H3. The van der Waals surface area contributed by atoms with Crippen LogP contribution >= 0.6 is 0 Å². The molecule has 1 fully saturated rings. The van der Waals surface area contributed by atoms with Gasteiger partial charge in [0.25, 0.3) is 0 Å². The Bertz CT molecular complexity index is 522. The zero-order valence-electron chi connectivity index (χ0n) is 12.6. The second-order valence-corrected chi connectivity index (χ2v) is 5.92. The third kappa shape index (κ3) is 3.29. The Morgan fingerprint density at radius 2 is 1.86 bits per heavy atom. The van der Waals surface area contributed by atoms with Gasteiger partial charge in [-0.1, -0.05) is 6.07 Å². The molecule has 1 amide bonds. The van der Waals surface area contributed by atoms with E-state index < -0.39 is 0 Å². The summed E-state index contributed by atoms with van der Waals surface area (Å²) in [5.74, 6) is 1.68. The zero-order valence-corrected chi connectivity index (χ0v) is 12.6. The monoisotopic (exact) mass is 290 g/mol. The highest BCUT2D eigenvalue weighted by Gasteiger charge is 2.25. The van der Waals surface area contributed by atoms with Crippen molar-refractivity contribution in [3.8, 4) is 11.5 Å². The van der Waals surface area contributed by atoms with Gasteiger partial charge in [0.15, 0.2) is 11.5 Å². The van der Waals surface area contributed by atoms with Crippen LogP contribution in [0.4, 0.5) is 0 Å². The minimum Gasteiger partial charge on any atom is -0.486 e. The number of hydrogen-bond acceptors (Lipinski definition) is 4. The van der Waals surface area contributed by atoms with Crippen molar-refractivity contribution in [1.82, 2.24) is 10.2 Å². The molecule has 2 aliphatic heterocycles. The minimum absolute atomic E-state index is 0.173. The molecule has 3 rings (SSSR count). The fraction of sp³-hybridized carbons (Fsp3) is 0.562. The van der Waals surface area contributed by atoms with E-state index in [0.29, 0.717) is 31.7 Å². The Morgan fingerprint density at radius 3 is 2.57 bits per heavy atom. The summed E-state index contributed by atoms with van der Waals surface area (Å²) in [5, 5.41) is 3.44. The lowest BCUT2D eigenvalue weighted by atomic mass is 10.1. The number of piperazine rings is 1. The van der Waals surface area contributed by atoms with Crippen molar-refractivity contribution in [2.45, 2.75) is 32.4 Å². The van der Waals surface area contributed by atoms with Crippen LogP contribution in [0.15, 0.2) is 18.2 Å². The fourth-order valence-electron chi connectivity index (χ4n) is 3.01. The number of carbonyl (C=O) groups is 1. The molecule has 2 aliphatic rings. The summed E-state index contributed by atoms with van der Waals surface area (Å²) in [7, 11) is 0. The molecule has 0 radical (unpaired) electrons. The first-order valence-corrected chi connectivity index (χ1v) is 7.54. The summed E-state index contributed by atoms with van der Waals surface area (Å²) in [6.07, 6.45) is 0.413. The Labute approximate surface area is 125 Å². The number of carbonyl (C=O) groups excluding carboxylic acids is 1. The first kappa shape index (κ1) is 14.2. The largest absolute Gasteiger partial charge is 0.486 e. The minimum atomic E-state index is 0.173. The molecule has 1 aromatic carbocycles. The van der Waals surface area contributed by atoms with E-state index in [9.17, 15) is 4.79 Å². The zero-order chi connectivity index (χ0) is 14.8. The van der Waals surface area contributed by atoms with Crippen LogP contribution in [-0.2, 0) is 11.2 Å². The van der Waals surface area contributed by atoms with Crippen LogP contribution in [0.25, 0.3) is 0 Å². The molecule has 114 valence electrons. The van der Waals surface area contributed by atoms with Gasteiger partial charge in [0.05, 0.1) is 6.42 Å². The molecule has 1 saturated heterocycles. The lowest BCUT2D eigenvalue weighted by Gasteiger charge is -2.36. The van der Waals surface area contributed by atoms with Crippen LogP contribution in [0.2, 0.25) is 0 Å². The summed E-state index contributed by atoms with van der Waals surface area (Å²) in [6.45, 7) is 6.92. The number of benzene rings is 1. The first-order valence-electron chi connectivity index (χ1n) is 7.54. The van der Waals surface area contributed by atoms with Gasteiger partial charge in [-0.2, -0.15) is 0 Å². The second kappa shape index (κ2) is 5.93. The van der Waals surface area contributed by atoms with Gasteiger partial charge >= 0.3 is 0 Å². The van der Waals surface area contributed by atoms with Crippen molar-refractivity contribution < 1.29 is 14.3 Å². The third-order valence-corrected chi connectivity index (χ3v) is 3.87. The fourth-order valence-corrected chi connectivity index (χ4v) is 3.01. The second-order valence-electron chi connectivity index (χ2n) is 5.92. The number of nitrogens with zero attached hydrogens (tertiary/aromatic N) is 1. The maximum atomic E-state index is 12.5. The van der Waals surface area contributed by atoms with Gasteiger partial charge in [0.1, 0.15) is 13.2 Å². The van der Waals surface area contributed by atoms with Crippen molar-refractivity contribution in [3.05, 3.63) is 23.8 Å². The number of nitrogens with one attached hydrogen (secondary N) is 1. The van der Waals surface area contributed by atoms with E-state index in [4.69, 9.17) is 9.47 Å². The number of fused-ring (bicyclic) bond motifs is 1. The molecule has 2 heterocycles. The summed E-state index contributed by atoms with van der Waals surface area (Å²) in [5.41, 5.74) is 0.975. The van der Waals surface area contributed by atoms with E-state index in [1.807, 2.05) is 23.1 Å². The number of ether oxygens (including phenoxy) is 2. The lowest BCUT2D eigenvalue weighted by Crippen LogP contribution is -2.56. The van der Waals surface area contributed by atoms with Crippen LogP contribution in [0, 0.1) is 0 Å².